The molecule has 5 aromatic rings. The molecule has 6 rings (SSSR count). The molecule has 192 valence electrons. The van der Waals surface area contributed by atoms with E-state index in [0.29, 0.717) is 0 Å². The summed E-state index contributed by atoms with van der Waals surface area (Å²) < 4.78 is 0. The maximum absolute atomic E-state index is 7.25. The molecule has 0 amide bonds. The smallest absolute Gasteiger partial charge is 0.0662 e. The van der Waals surface area contributed by atoms with Crippen molar-refractivity contribution in [1.82, 2.24) is 0 Å². The molecule has 0 fully saturated rings. The van der Waals surface area contributed by atoms with E-state index in [1.165, 1.54) is 34.0 Å². The summed E-state index contributed by atoms with van der Waals surface area (Å²) in [7, 11) is 0. The van der Waals surface area contributed by atoms with Crippen molar-refractivity contribution < 1.29 is 0 Å². The minimum Gasteiger partial charge on any atom is -0.310 e. The van der Waals surface area contributed by atoms with Gasteiger partial charge in [0.2, 0.25) is 0 Å². The standard InChI is InChI=1S/C38H30N2/c1-28-25-33(32-15-10-12-29(26-32)11-8-9-24-39)20-18-31-19-21-35-27-34(30-13-4-2-5-14-30)22-23-37(35)38(31)40(28)36-16-6-3-7-17-36/h2-10,12-17,22-27,39H,1,11,18,20H2/b9-8-,33-25+,39-24?. The van der Waals surface area contributed by atoms with E-state index in [2.05, 4.69) is 121 Å². The van der Waals surface area contributed by atoms with Gasteiger partial charge in [-0.25, -0.2) is 0 Å². The summed E-state index contributed by atoms with van der Waals surface area (Å²) in [5.41, 5.74) is 10.3. The lowest BCUT2D eigenvalue weighted by atomic mass is 9.91. The molecule has 0 aliphatic carbocycles. The number of anilines is 2. The van der Waals surface area contributed by atoms with Crippen molar-refractivity contribution in [3.8, 4) is 11.1 Å². The second-order valence-corrected chi connectivity index (χ2v) is 10.0. The van der Waals surface area contributed by atoms with Crippen LogP contribution in [0.25, 0.3) is 27.5 Å². The molecular weight excluding hydrogens is 484 g/mol. The van der Waals surface area contributed by atoms with Crippen LogP contribution in [0.3, 0.4) is 0 Å². The number of nitrogens with one attached hydrogen (secondary N) is 1. The summed E-state index contributed by atoms with van der Waals surface area (Å²) in [6.07, 6.45) is 9.89. The third kappa shape index (κ3) is 5.10. The molecule has 40 heavy (non-hydrogen) atoms. The van der Waals surface area contributed by atoms with Crippen molar-refractivity contribution in [3.05, 3.63) is 162 Å². The van der Waals surface area contributed by atoms with Crippen molar-refractivity contribution in [2.45, 2.75) is 19.3 Å². The number of fused-ring (bicyclic) bond motifs is 3. The molecule has 0 spiro atoms. The Morgan fingerprint density at radius 2 is 1.55 bits per heavy atom. The number of rotatable bonds is 6. The Kier molecular flexibility index (Phi) is 7.12. The number of hydrogen-bond acceptors (Lipinski definition) is 2. The fourth-order valence-electron chi connectivity index (χ4n) is 5.48. The van der Waals surface area contributed by atoms with Crippen molar-refractivity contribution in [1.29, 1.82) is 5.41 Å². The maximum atomic E-state index is 7.25. The third-order valence-corrected chi connectivity index (χ3v) is 7.41. The Labute approximate surface area is 236 Å². The lowest BCUT2D eigenvalue weighted by Crippen LogP contribution is -2.18. The molecule has 0 bridgehead atoms. The number of hydrogen-bond donors (Lipinski definition) is 1. The van der Waals surface area contributed by atoms with Crippen molar-refractivity contribution in [2.75, 3.05) is 4.90 Å². The van der Waals surface area contributed by atoms with Gasteiger partial charge in [-0.15, -0.1) is 0 Å². The molecule has 0 aromatic heterocycles. The Hall–Kier alpha value is -5.13. The van der Waals surface area contributed by atoms with Crippen molar-refractivity contribution >= 4 is 33.9 Å². The maximum Gasteiger partial charge on any atom is 0.0662 e. The van der Waals surface area contributed by atoms with Gasteiger partial charge >= 0.3 is 0 Å². The summed E-state index contributed by atoms with van der Waals surface area (Å²) >= 11 is 0. The molecule has 1 aliphatic rings. The van der Waals surface area contributed by atoms with Crippen LogP contribution in [0.2, 0.25) is 0 Å². The highest BCUT2D eigenvalue weighted by molar-refractivity contribution is 6.00. The van der Waals surface area contributed by atoms with Crippen LogP contribution < -0.4 is 4.90 Å². The van der Waals surface area contributed by atoms with E-state index in [0.717, 1.165) is 52.7 Å². The van der Waals surface area contributed by atoms with Crippen LogP contribution in [0.15, 0.2) is 134 Å². The second-order valence-electron chi connectivity index (χ2n) is 10.0. The molecule has 2 heteroatoms. The van der Waals surface area contributed by atoms with E-state index < -0.39 is 0 Å². The van der Waals surface area contributed by atoms with Gasteiger partial charge in [0.15, 0.2) is 0 Å². The van der Waals surface area contributed by atoms with Crippen LogP contribution in [0.1, 0.15) is 23.1 Å². The van der Waals surface area contributed by atoms with Gasteiger partial charge < -0.3 is 10.3 Å². The molecule has 0 saturated heterocycles. The van der Waals surface area contributed by atoms with Gasteiger partial charge in [-0.2, -0.15) is 0 Å². The number of benzene rings is 4. The second kappa shape index (κ2) is 11.3. The SMILES string of the molecule is C=C1/C=C(/c2cccc(C/C=C\C=N)c2)CCc2c#cc3cc(-c4ccccc4)ccc3c2N1c1ccccc1. The van der Waals surface area contributed by atoms with Gasteiger partial charge in [0.25, 0.3) is 0 Å². The first-order valence-corrected chi connectivity index (χ1v) is 13.7. The Bertz CT molecular complexity index is 1740. The summed E-state index contributed by atoms with van der Waals surface area (Å²) in [6.45, 7) is 4.59. The lowest BCUT2D eigenvalue weighted by Gasteiger charge is -2.30. The molecule has 0 saturated carbocycles. The fourth-order valence-corrected chi connectivity index (χ4v) is 5.48. The van der Waals surface area contributed by atoms with E-state index in [1.54, 1.807) is 6.08 Å². The Balaban J connectivity index is 1.46. The minimum absolute atomic E-state index is 0.802. The minimum atomic E-state index is 0.802. The van der Waals surface area contributed by atoms with Crippen LogP contribution in [0.4, 0.5) is 11.4 Å². The summed E-state index contributed by atoms with van der Waals surface area (Å²) in [4.78, 5) is 2.28. The van der Waals surface area contributed by atoms with Crippen LogP contribution in [0, 0.1) is 17.5 Å². The predicted molar refractivity (Wildman–Crippen MR) is 169 cm³/mol. The zero-order valence-corrected chi connectivity index (χ0v) is 22.4. The van der Waals surface area contributed by atoms with Gasteiger partial charge in [-0.1, -0.05) is 110 Å². The highest BCUT2D eigenvalue weighted by atomic mass is 15.1. The highest BCUT2D eigenvalue weighted by Crippen LogP contribution is 2.41. The molecule has 2 nitrogen and oxygen atoms in total. The number of allylic oxidation sites excluding steroid dienone is 4. The molecule has 0 atom stereocenters. The van der Waals surface area contributed by atoms with E-state index in [1.807, 2.05) is 18.2 Å². The summed E-state index contributed by atoms with van der Waals surface area (Å²) in [5, 5.41) is 9.44. The van der Waals surface area contributed by atoms with E-state index in [-0.39, 0.29) is 0 Å². The monoisotopic (exact) mass is 514 g/mol. The van der Waals surface area contributed by atoms with Crippen LogP contribution in [-0.2, 0) is 12.8 Å². The van der Waals surface area contributed by atoms with Crippen LogP contribution >= 0.6 is 0 Å². The molecule has 5 aromatic carbocycles. The first-order valence-electron chi connectivity index (χ1n) is 13.7. The number of nitrogens with zero attached hydrogens (tertiary/aromatic N) is 1. The zero-order chi connectivity index (χ0) is 27.3. The zero-order valence-electron chi connectivity index (χ0n) is 22.4. The predicted octanol–water partition coefficient (Wildman–Crippen LogP) is 9.54. The average Bonchev–Trinajstić information content (AvgIpc) is 3.00. The van der Waals surface area contributed by atoms with Crippen LogP contribution in [-0.4, -0.2) is 6.21 Å². The van der Waals surface area contributed by atoms with Crippen LogP contribution in [0.5, 0.6) is 0 Å². The normalized spacial score (nSPS) is 14.7. The summed E-state index contributed by atoms with van der Waals surface area (Å²) in [6, 6.07) is 43.3. The highest BCUT2D eigenvalue weighted by Gasteiger charge is 2.22. The van der Waals surface area contributed by atoms with Gasteiger partial charge in [0, 0.05) is 33.9 Å². The lowest BCUT2D eigenvalue weighted by molar-refractivity contribution is 0.994. The van der Waals surface area contributed by atoms with Crippen molar-refractivity contribution in [3.63, 3.8) is 0 Å². The Morgan fingerprint density at radius 1 is 0.775 bits per heavy atom. The average molecular weight is 515 g/mol. The van der Waals surface area contributed by atoms with Gasteiger partial charge in [0.1, 0.15) is 0 Å². The first kappa shape index (κ1) is 25.2. The molecular formula is C38H30N2. The van der Waals surface area contributed by atoms with Gasteiger partial charge in [0.05, 0.1) is 5.69 Å². The molecule has 1 aliphatic heterocycles. The van der Waals surface area contributed by atoms with Gasteiger partial charge in [-0.3, -0.25) is 0 Å². The first-order chi connectivity index (χ1) is 19.7. The number of para-hydroxylation sites is 1. The van der Waals surface area contributed by atoms with E-state index in [4.69, 9.17) is 5.41 Å². The quantitative estimate of drug-likeness (QED) is 0.224. The van der Waals surface area contributed by atoms with Crippen molar-refractivity contribution in [2.24, 2.45) is 0 Å². The largest absolute Gasteiger partial charge is 0.310 e. The van der Waals surface area contributed by atoms with E-state index in [9.17, 15) is 0 Å². The molecule has 1 heterocycles. The van der Waals surface area contributed by atoms with Gasteiger partial charge in [-0.05, 0) is 77.4 Å². The molecule has 0 unspecified atom stereocenters. The molecule has 1 N–H and O–H groups in total. The van der Waals surface area contributed by atoms with E-state index >= 15 is 0 Å². The fraction of sp³-hybridized carbons (Fsp3) is 0.0789. The topological polar surface area (TPSA) is 27.1 Å². The summed E-state index contributed by atoms with van der Waals surface area (Å²) in [5.74, 6) is 0. The molecule has 0 radical (unpaired) electrons. The third-order valence-electron chi connectivity index (χ3n) is 7.41. The Morgan fingerprint density at radius 3 is 2.35 bits per heavy atom.